The van der Waals surface area contributed by atoms with Crippen molar-refractivity contribution in [2.75, 3.05) is 39.5 Å². The lowest BCUT2D eigenvalue weighted by Gasteiger charge is -2.26. The molecule has 0 unspecified atom stereocenters. The number of rotatable bonds is 9. The minimum absolute atomic E-state index is 0.116. The highest BCUT2D eigenvalue weighted by molar-refractivity contribution is 5.44. The number of alkyl halides is 1. The van der Waals surface area contributed by atoms with Crippen molar-refractivity contribution in [2.45, 2.75) is 31.8 Å². The maximum absolute atomic E-state index is 13.0. The predicted molar refractivity (Wildman–Crippen MR) is 141 cm³/mol. The standard InChI is InChI=1S/C29H33FN4O3/c1-21(17-30)31-18-26(16-27-28(35)29(36)33-20-32-27)25-10-8-23(9-11-25)3-2-22-4-6-24(7-5-22)19-34-12-14-37-15-13-34/h4-11,20-21,26,31,35H,12-19H2,1H3,(H,32,33,36)/t21-,26-/m1/s1. The second-order valence-corrected chi connectivity index (χ2v) is 9.35. The smallest absolute Gasteiger partial charge is 0.293 e. The molecule has 1 saturated heterocycles. The van der Waals surface area contributed by atoms with E-state index < -0.39 is 12.2 Å². The van der Waals surface area contributed by atoms with E-state index in [0.29, 0.717) is 18.7 Å². The summed E-state index contributed by atoms with van der Waals surface area (Å²) in [6, 6.07) is 15.9. The Bertz CT molecular complexity index is 1260. The number of aromatic amines is 1. The molecule has 0 aliphatic carbocycles. The van der Waals surface area contributed by atoms with Crippen LogP contribution in [0, 0.1) is 11.8 Å². The lowest BCUT2D eigenvalue weighted by Crippen LogP contribution is -2.35. The van der Waals surface area contributed by atoms with Crippen LogP contribution in [0.4, 0.5) is 4.39 Å². The monoisotopic (exact) mass is 504 g/mol. The van der Waals surface area contributed by atoms with Crippen LogP contribution in [-0.2, 0) is 17.7 Å². The number of ether oxygens (including phenoxy) is 1. The molecule has 1 aliphatic rings. The predicted octanol–water partition coefficient (Wildman–Crippen LogP) is 2.98. The van der Waals surface area contributed by atoms with E-state index in [0.717, 1.165) is 49.5 Å². The minimum atomic E-state index is -0.575. The zero-order chi connectivity index (χ0) is 26.0. The molecule has 7 nitrogen and oxygen atoms in total. The molecule has 2 heterocycles. The second-order valence-electron chi connectivity index (χ2n) is 9.35. The largest absolute Gasteiger partial charge is 0.502 e. The van der Waals surface area contributed by atoms with Crippen LogP contribution in [0.5, 0.6) is 5.75 Å². The highest BCUT2D eigenvalue weighted by Crippen LogP contribution is 2.23. The van der Waals surface area contributed by atoms with Crippen molar-refractivity contribution in [2.24, 2.45) is 0 Å². The average molecular weight is 505 g/mol. The maximum Gasteiger partial charge on any atom is 0.293 e. The van der Waals surface area contributed by atoms with Crippen LogP contribution in [0.1, 0.15) is 40.8 Å². The van der Waals surface area contributed by atoms with Gasteiger partial charge in [0.2, 0.25) is 5.75 Å². The van der Waals surface area contributed by atoms with Gasteiger partial charge in [0.1, 0.15) is 6.67 Å². The molecule has 1 aromatic heterocycles. The zero-order valence-corrected chi connectivity index (χ0v) is 21.0. The first-order valence-corrected chi connectivity index (χ1v) is 12.6. The van der Waals surface area contributed by atoms with E-state index in [1.165, 1.54) is 11.9 Å². The molecule has 194 valence electrons. The number of nitrogens with zero attached hydrogens (tertiary/aromatic N) is 2. The Labute approximate surface area is 216 Å². The molecular weight excluding hydrogens is 471 g/mol. The van der Waals surface area contributed by atoms with Crippen LogP contribution >= 0.6 is 0 Å². The number of nitrogens with one attached hydrogen (secondary N) is 2. The summed E-state index contributed by atoms with van der Waals surface area (Å²) in [6.45, 7) is 6.20. The lowest BCUT2D eigenvalue weighted by atomic mass is 9.92. The first-order valence-electron chi connectivity index (χ1n) is 12.6. The van der Waals surface area contributed by atoms with Gasteiger partial charge in [0.25, 0.3) is 5.56 Å². The molecular formula is C29H33FN4O3. The van der Waals surface area contributed by atoms with Crippen LogP contribution in [0.3, 0.4) is 0 Å². The Hall–Kier alpha value is -3.51. The fourth-order valence-electron chi connectivity index (χ4n) is 4.21. The summed E-state index contributed by atoms with van der Waals surface area (Å²) in [5.74, 6) is 5.94. The Kier molecular flexibility index (Phi) is 9.44. The van der Waals surface area contributed by atoms with Gasteiger partial charge in [0, 0.05) is 55.7 Å². The van der Waals surface area contributed by atoms with Crippen molar-refractivity contribution >= 4 is 0 Å². The number of hydrogen-bond acceptors (Lipinski definition) is 6. The first-order chi connectivity index (χ1) is 18.0. The molecule has 3 N–H and O–H groups in total. The Balaban J connectivity index is 1.43. The first kappa shape index (κ1) is 26.6. The Morgan fingerprint density at radius 1 is 1.11 bits per heavy atom. The topological polar surface area (TPSA) is 90.5 Å². The van der Waals surface area contributed by atoms with Crippen LogP contribution < -0.4 is 10.9 Å². The SMILES string of the molecule is C[C@H](CF)NC[C@@H](Cc1nc[nH]c(=O)c1O)c1ccc(C#Cc2ccc(CN3CCOCC3)cc2)cc1. The lowest BCUT2D eigenvalue weighted by molar-refractivity contribution is 0.0342. The fourth-order valence-corrected chi connectivity index (χ4v) is 4.21. The zero-order valence-electron chi connectivity index (χ0n) is 21.0. The molecule has 0 spiro atoms. The molecule has 8 heteroatoms. The van der Waals surface area contributed by atoms with Crippen LogP contribution in [0.15, 0.2) is 59.7 Å². The third-order valence-corrected chi connectivity index (χ3v) is 6.49. The number of benzene rings is 2. The van der Waals surface area contributed by atoms with Gasteiger partial charge in [-0.1, -0.05) is 36.1 Å². The number of hydrogen-bond donors (Lipinski definition) is 3. The van der Waals surface area contributed by atoms with Crippen molar-refractivity contribution in [1.82, 2.24) is 20.2 Å². The van der Waals surface area contributed by atoms with Crippen molar-refractivity contribution in [3.05, 3.63) is 93.2 Å². The molecule has 1 fully saturated rings. The molecule has 37 heavy (non-hydrogen) atoms. The summed E-state index contributed by atoms with van der Waals surface area (Å²) in [6.07, 6.45) is 1.61. The third kappa shape index (κ3) is 7.73. The molecule has 4 rings (SSSR count). The molecule has 0 radical (unpaired) electrons. The van der Waals surface area contributed by atoms with Crippen molar-refractivity contribution in [3.8, 4) is 17.6 Å². The molecule has 2 atom stereocenters. The van der Waals surface area contributed by atoms with Crippen molar-refractivity contribution in [1.29, 1.82) is 0 Å². The number of aromatic nitrogens is 2. The van der Waals surface area contributed by atoms with Gasteiger partial charge in [-0.25, -0.2) is 9.37 Å². The molecule has 1 aliphatic heterocycles. The fraction of sp³-hybridized carbons (Fsp3) is 0.379. The van der Waals surface area contributed by atoms with E-state index in [4.69, 9.17) is 4.74 Å². The minimum Gasteiger partial charge on any atom is -0.502 e. The van der Waals surface area contributed by atoms with E-state index in [2.05, 4.69) is 44.2 Å². The summed E-state index contributed by atoms with van der Waals surface area (Å²) in [4.78, 5) is 20.7. The van der Waals surface area contributed by atoms with E-state index in [1.807, 2.05) is 36.4 Å². The second kappa shape index (κ2) is 13.2. The van der Waals surface area contributed by atoms with E-state index >= 15 is 0 Å². The van der Waals surface area contributed by atoms with Gasteiger partial charge in [-0.05, 0) is 42.3 Å². The number of H-pyrrole nitrogens is 1. The van der Waals surface area contributed by atoms with Gasteiger partial charge >= 0.3 is 0 Å². The van der Waals surface area contributed by atoms with Gasteiger partial charge in [0.15, 0.2) is 0 Å². The molecule has 0 bridgehead atoms. The summed E-state index contributed by atoms with van der Waals surface area (Å²) >= 11 is 0. The third-order valence-electron chi connectivity index (χ3n) is 6.49. The van der Waals surface area contributed by atoms with E-state index in [1.54, 1.807) is 6.92 Å². The summed E-state index contributed by atoms with van der Waals surface area (Å²) in [7, 11) is 0. The van der Waals surface area contributed by atoms with Crippen LogP contribution in [-0.4, -0.2) is 65.5 Å². The molecule has 0 amide bonds. The normalized spacial score (nSPS) is 15.5. The molecule has 3 aromatic rings. The van der Waals surface area contributed by atoms with Gasteiger partial charge in [-0.15, -0.1) is 0 Å². The highest BCUT2D eigenvalue weighted by Gasteiger charge is 2.18. The summed E-state index contributed by atoms with van der Waals surface area (Å²) < 4.78 is 18.4. The molecule has 0 saturated carbocycles. The van der Waals surface area contributed by atoms with Crippen LogP contribution in [0.25, 0.3) is 0 Å². The Morgan fingerprint density at radius 2 is 1.76 bits per heavy atom. The van der Waals surface area contributed by atoms with Crippen LogP contribution in [0.2, 0.25) is 0 Å². The Morgan fingerprint density at radius 3 is 2.41 bits per heavy atom. The van der Waals surface area contributed by atoms with Crippen molar-refractivity contribution in [3.63, 3.8) is 0 Å². The van der Waals surface area contributed by atoms with Gasteiger partial charge < -0.3 is 20.1 Å². The van der Waals surface area contributed by atoms with Gasteiger partial charge in [-0.2, -0.15) is 0 Å². The highest BCUT2D eigenvalue weighted by atomic mass is 19.1. The quantitative estimate of drug-likeness (QED) is 0.388. The average Bonchev–Trinajstić information content (AvgIpc) is 2.93. The van der Waals surface area contributed by atoms with E-state index in [-0.39, 0.29) is 17.7 Å². The summed E-state index contributed by atoms with van der Waals surface area (Å²) in [5, 5.41) is 13.3. The summed E-state index contributed by atoms with van der Waals surface area (Å²) in [5.41, 5.74) is 3.81. The maximum atomic E-state index is 13.0. The van der Waals surface area contributed by atoms with E-state index in [9.17, 15) is 14.3 Å². The number of morpholine rings is 1. The van der Waals surface area contributed by atoms with Gasteiger partial charge in [-0.3, -0.25) is 9.69 Å². The number of halogens is 1. The molecule has 2 aromatic carbocycles. The van der Waals surface area contributed by atoms with Crippen molar-refractivity contribution < 1.29 is 14.2 Å². The number of aromatic hydroxyl groups is 1. The van der Waals surface area contributed by atoms with Gasteiger partial charge in [0.05, 0.1) is 25.2 Å².